The fourth-order valence-corrected chi connectivity index (χ4v) is 5.70. The molecule has 4 nitrogen and oxygen atoms in total. The fourth-order valence-electron chi connectivity index (χ4n) is 2.83. The van der Waals surface area contributed by atoms with Gasteiger partial charge < -0.3 is 4.90 Å². The van der Waals surface area contributed by atoms with Crippen LogP contribution < -0.4 is 4.90 Å². The Bertz CT molecular complexity index is 775. The highest BCUT2D eigenvalue weighted by atomic mass is 32.2. The molecule has 0 bridgehead atoms. The van der Waals surface area contributed by atoms with E-state index in [-0.39, 0.29) is 0 Å². The zero-order valence-corrected chi connectivity index (χ0v) is 15.2. The number of sulfonamides is 1. The zero-order chi connectivity index (χ0) is 16.4. The first-order chi connectivity index (χ1) is 11.0. The Morgan fingerprint density at radius 2 is 1.83 bits per heavy atom. The van der Waals surface area contributed by atoms with Crippen LogP contribution in [0, 0.1) is 6.92 Å². The van der Waals surface area contributed by atoms with E-state index in [2.05, 4.69) is 30.0 Å². The molecule has 0 unspecified atom stereocenters. The summed E-state index contributed by atoms with van der Waals surface area (Å²) in [5.74, 6) is 0. The van der Waals surface area contributed by atoms with Gasteiger partial charge in [-0.15, -0.1) is 11.3 Å². The van der Waals surface area contributed by atoms with E-state index in [1.54, 1.807) is 10.4 Å². The first-order valence-electron chi connectivity index (χ1n) is 7.91. The Labute approximate surface area is 142 Å². The van der Waals surface area contributed by atoms with Gasteiger partial charge in [0.2, 0.25) is 0 Å². The number of thiophene rings is 1. The molecular formula is C17H22N2O2S2. The summed E-state index contributed by atoms with van der Waals surface area (Å²) in [4.78, 5) is 3.37. The molecule has 1 fully saturated rings. The molecule has 1 saturated heterocycles. The molecule has 0 saturated carbocycles. The highest BCUT2D eigenvalue weighted by Gasteiger charge is 2.29. The first-order valence-corrected chi connectivity index (χ1v) is 10.2. The van der Waals surface area contributed by atoms with Crippen LogP contribution in [0.5, 0.6) is 0 Å². The van der Waals surface area contributed by atoms with Crippen LogP contribution in [0.4, 0.5) is 5.69 Å². The van der Waals surface area contributed by atoms with E-state index in [9.17, 15) is 8.42 Å². The second-order valence-electron chi connectivity index (χ2n) is 5.80. The lowest BCUT2D eigenvalue weighted by atomic mass is 10.2. The van der Waals surface area contributed by atoms with Crippen molar-refractivity contribution in [3.63, 3.8) is 0 Å². The molecule has 1 aliphatic heterocycles. The van der Waals surface area contributed by atoms with Crippen molar-refractivity contribution in [2.75, 3.05) is 31.1 Å². The van der Waals surface area contributed by atoms with Gasteiger partial charge in [0.05, 0.1) is 0 Å². The minimum atomic E-state index is -3.34. The Kier molecular flexibility index (Phi) is 4.75. The number of nitrogens with zero attached hydrogens (tertiary/aromatic N) is 2. The van der Waals surface area contributed by atoms with E-state index < -0.39 is 10.0 Å². The van der Waals surface area contributed by atoms with Gasteiger partial charge in [0.15, 0.2) is 0 Å². The van der Waals surface area contributed by atoms with Gasteiger partial charge in [0.1, 0.15) is 4.21 Å². The molecule has 1 aromatic heterocycles. The number of benzene rings is 1. The van der Waals surface area contributed by atoms with Gasteiger partial charge in [-0.25, -0.2) is 8.42 Å². The molecule has 0 atom stereocenters. The van der Waals surface area contributed by atoms with Gasteiger partial charge >= 0.3 is 0 Å². The fraction of sp³-hybridized carbons (Fsp3) is 0.412. The van der Waals surface area contributed by atoms with Crippen molar-refractivity contribution in [3.8, 4) is 0 Å². The number of aryl methyl sites for hydroxylation is 2. The van der Waals surface area contributed by atoms with E-state index in [0.29, 0.717) is 17.3 Å². The molecule has 1 aromatic carbocycles. The summed E-state index contributed by atoms with van der Waals surface area (Å²) >= 11 is 1.39. The van der Waals surface area contributed by atoms with Crippen molar-refractivity contribution >= 4 is 27.0 Å². The smallest absolute Gasteiger partial charge is 0.252 e. The summed E-state index contributed by atoms with van der Waals surface area (Å²) in [6.07, 6.45) is 0.876. The van der Waals surface area contributed by atoms with Crippen LogP contribution in [0.1, 0.15) is 17.4 Å². The van der Waals surface area contributed by atoms with Gasteiger partial charge in [-0.2, -0.15) is 4.31 Å². The maximum atomic E-state index is 12.7. The van der Waals surface area contributed by atoms with Crippen LogP contribution in [-0.2, 0) is 16.4 Å². The van der Waals surface area contributed by atoms with Crippen LogP contribution in [0.25, 0.3) is 0 Å². The molecule has 0 radical (unpaired) electrons. The molecule has 124 valence electrons. The van der Waals surface area contributed by atoms with Crippen molar-refractivity contribution in [2.45, 2.75) is 24.5 Å². The van der Waals surface area contributed by atoms with Crippen LogP contribution >= 0.6 is 11.3 Å². The Morgan fingerprint density at radius 1 is 1.09 bits per heavy atom. The molecule has 23 heavy (non-hydrogen) atoms. The number of rotatable bonds is 4. The minimum absolute atomic E-state index is 0.471. The topological polar surface area (TPSA) is 40.6 Å². The van der Waals surface area contributed by atoms with E-state index in [1.165, 1.54) is 22.6 Å². The third-order valence-corrected chi connectivity index (χ3v) is 7.78. The number of hydrogen-bond acceptors (Lipinski definition) is 4. The Morgan fingerprint density at radius 3 is 2.43 bits per heavy atom. The van der Waals surface area contributed by atoms with Gasteiger partial charge in [0.25, 0.3) is 10.0 Å². The Balaban J connectivity index is 1.71. The van der Waals surface area contributed by atoms with Gasteiger partial charge in [-0.1, -0.05) is 19.1 Å². The highest BCUT2D eigenvalue weighted by molar-refractivity contribution is 7.91. The molecule has 2 heterocycles. The lowest BCUT2D eigenvalue weighted by molar-refractivity contribution is 0.386. The van der Waals surface area contributed by atoms with Crippen molar-refractivity contribution in [1.29, 1.82) is 0 Å². The van der Waals surface area contributed by atoms with E-state index in [1.807, 2.05) is 19.1 Å². The molecule has 0 N–H and O–H groups in total. The predicted octanol–water partition coefficient (Wildman–Crippen LogP) is 3.13. The third kappa shape index (κ3) is 3.44. The monoisotopic (exact) mass is 350 g/mol. The standard InChI is InChI=1S/C17H22N2O2S2/c1-3-16-7-8-17(22-16)23(20,21)19-11-9-18(10-12-19)15-6-4-5-14(2)13-15/h4-8,13H,3,9-12H2,1-2H3. The Hall–Kier alpha value is -1.37. The molecule has 0 spiro atoms. The molecule has 3 rings (SSSR count). The van der Waals surface area contributed by atoms with Crippen molar-refractivity contribution in [1.82, 2.24) is 4.31 Å². The summed E-state index contributed by atoms with van der Waals surface area (Å²) in [5.41, 5.74) is 2.40. The lowest BCUT2D eigenvalue weighted by Gasteiger charge is -2.35. The van der Waals surface area contributed by atoms with E-state index >= 15 is 0 Å². The summed E-state index contributed by atoms with van der Waals surface area (Å²) in [6.45, 7) is 6.66. The number of hydrogen-bond donors (Lipinski definition) is 0. The lowest BCUT2D eigenvalue weighted by Crippen LogP contribution is -2.48. The van der Waals surface area contributed by atoms with E-state index in [0.717, 1.165) is 24.4 Å². The number of piperazine rings is 1. The second kappa shape index (κ2) is 6.63. The van der Waals surface area contributed by atoms with Crippen LogP contribution in [-0.4, -0.2) is 38.9 Å². The SMILES string of the molecule is CCc1ccc(S(=O)(=O)N2CCN(c3cccc(C)c3)CC2)s1. The third-order valence-electron chi connectivity index (χ3n) is 4.19. The molecule has 0 amide bonds. The summed E-state index contributed by atoms with van der Waals surface area (Å²) in [5, 5.41) is 0. The van der Waals surface area contributed by atoms with Crippen LogP contribution in [0.2, 0.25) is 0 Å². The molecule has 0 aliphatic carbocycles. The molecule has 2 aromatic rings. The normalized spacial score (nSPS) is 16.7. The number of anilines is 1. The van der Waals surface area contributed by atoms with E-state index in [4.69, 9.17) is 0 Å². The van der Waals surface area contributed by atoms with Gasteiger partial charge in [0, 0.05) is 36.7 Å². The summed E-state index contributed by atoms with van der Waals surface area (Å²) < 4.78 is 27.5. The van der Waals surface area contributed by atoms with Gasteiger partial charge in [-0.3, -0.25) is 0 Å². The predicted molar refractivity (Wildman–Crippen MR) is 95.8 cm³/mol. The average molecular weight is 351 g/mol. The minimum Gasteiger partial charge on any atom is -0.369 e. The quantitative estimate of drug-likeness (QED) is 0.851. The van der Waals surface area contributed by atoms with Crippen LogP contribution in [0.3, 0.4) is 0 Å². The highest BCUT2D eigenvalue weighted by Crippen LogP contribution is 2.27. The van der Waals surface area contributed by atoms with Crippen molar-refractivity contribution < 1.29 is 8.42 Å². The molecule has 1 aliphatic rings. The average Bonchev–Trinajstić information content (AvgIpc) is 3.05. The first kappa shape index (κ1) is 16.5. The molecular weight excluding hydrogens is 328 g/mol. The summed E-state index contributed by atoms with van der Waals surface area (Å²) in [6, 6.07) is 12.0. The van der Waals surface area contributed by atoms with Gasteiger partial charge in [-0.05, 0) is 43.2 Å². The zero-order valence-electron chi connectivity index (χ0n) is 13.5. The second-order valence-corrected chi connectivity index (χ2v) is 9.14. The molecule has 6 heteroatoms. The maximum Gasteiger partial charge on any atom is 0.252 e. The van der Waals surface area contributed by atoms with Crippen LogP contribution in [0.15, 0.2) is 40.6 Å². The van der Waals surface area contributed by atoms with Crippen molar-refractivity contribution in [2.24, 2.45) is 0 Å². The maximum absolute atomic E-state index is 12.7. The largest absolute Gasteiger partial charge is 0.369 e. The van der Waals surface area contributed by atoms with Crippen molar-refractivity contribution in [3.05, 3.63) is 46.8 Å². The summed E-state index contributed by atoms with van der Waals surface area (Å²) in [7, 11) is -3.34.